The molecule has 0 aromatic carbocycles. The van der Waals surface area contributed by atoms with Crippen molar-refractivity contribution in [2.24, 2.45) is 7.05 Å². The number of hydrogen-bond acceptors (Lipinski definition) is 5. The number of nitrogens with zero attached hydrogens (tertiary/aromatic N) is 2. The maximum Gasteiger partial charge on any atom is 0.260 e. The number of sulfonamides is 1. The van der Waals surface area contributed by atoms with E-state index in [2.05, 4.69) is 9.71 Å². The number of nitrogens with two attached hydrogens (primary N) is 1. The van der Waals surface area contributed by atoms with Gasteiger partial charge in [-0.3, -0.25) is 0 Å². The number of ether oxygens (including phenoxy) is 1. The second-order valence-corrected chi connectivity index (χ2v) is 6.16. The fourth-order valence-corrected chi connectivity index (χ4v) is 3.82. The minimum Gasteiger partial charge on any atom is -0.381 e. The molecule has 1 aromatic heterocycles. The molecule has 1 aliphatic carbocycles. The van der Waals surface area contributed by atoms with Gasteiger partial charge >= 0.3 is 0 Å². The molecule has 0 amide bonds. The van der Waals surface area contributed by atoms with E-state index in [9.17, 15) is 8.42 Å². The van der Waals surface area contributed by atoms with Gasteiger partial charge in [-0.05, 0) is 19.3 Å². The predicted octanol–water partition coefficient (Wildman–Crippen LogP) is -0.152. The predicted molar refractivity (Wildman–Crippen MR) is 66.4 cm³/mol. The van der Waals surface area contributed by atoms with Gasteiger partial charge in [-0.25, -0.2) is 18.1 Å². The van der Waals surface area contributed by atoms with E-state index in [0.717, 1.165) is 12.8 Å². The van der Waals surface area contributed by atoms with Crippen molar-refractivity contribution >= 4 is 15.8 Å². The Labute approximate surface area is 106 Å². The number of rotatable bonds is 4. The highest BCUT2D eigenvalue weighted by atomic mass is 32.2. The summed E-state index contributed by atoms with van der Waals surface area (Å²) >= 11 is 0. The number of imidazole rings is 1. The Kier molecular flexibility index (Phi) is 3.60. The Hall–Kier alpha value is -1.12. The average Bonchev–Trinajstić information content (AvgIpc) is 2.85. The van der Waals surface area contributed by atoms with Crippen molar-refractivity contribution < 1.29 is 13.2 Å². The SMILES string of the molecule is COC1CCC(NS(=O)(=O)c2c(N)ncn2C)C1. The summed E-state index contributed by atoms with van der Waals surface area (Å²) in [7, 11) is -0.382. The third-order valence-electron chi connectivity index (χ3n) is 3.20. The fraction of sp³-hybridized carbons (Fsp3) is 0.700. The van der Waals surface area contributed by atoms with Gasteiger partial charge in [-0.15, -0.1) is 0 Å². The zero-order valence-electron chi connectivity index (χ0n) is 10.5. The van der Waals surface area contributed by atoms with Crippen molar-refractivity contribution in [1.82, 2.24) is 14.3 Å². The van der Waals surface area contributed by atoms with Crippen molar-refractivity contribution in [1.29, 1.82) is 0 Å². The highest BCUT2D eigenvalue weighted by molar-refractivity contribution is 7.89. The number of nitrogen functional groups attached to an aromatic ring is 1. The molecule has 1 heterocycles. The quantitative estimate of drug-likeness (QED) is 0.795. The number of anilines is 1. The molecule has 0 spiro atoms. The van der Waals surface area contributed by atoms with Crippen LogP contribution in [0.5, 0.6) is 0 Å². The molecule has 0 saturated heterocycles. The van der Waals surface area contributed by atoms with E-state index in [-0.39, 0.29) is 23.0 Å². The van der Waals surface area contributed by atoms with Crippen LogP contribution in [0.15, 0.2) is 11.4 Å². The molecule has 1 aromatic rings. The molecule has 7 nitrogen and oxygen atoms in total. The van der Waals surface area contributed by atoms with Crippen LogP contribution in [0.4, 0.5) is 5.82 Å². The van der Waals surface area contributed by atoms with E-state index in [1.807, 2.05) is 0 Å². The molecule has 102 valence electrons. The molecular weight excluding hydrogens is 256 g/mol. The van der Waals surface area contributed by atoms with E-state index in [4.69, 9.17) is 10.5 Å². The van der Waals surface area contributed by atoms with Gasteiger partial charge in [0.15, 0.2) is 10.8 Å². The smallest absolute Gasteiger partial charge is 0.260 e. The summed E-state index contributed by atoms with van der Waals surface area (Å²) in [5.74, 6) is 0.0197. The molecule has 2 rings (SSSR count). The molecule has 2 unspecified atom stereocenters. The molecule has 18 heavy (non-hydrogen) atoms. The van der Waals surface area contributed by atoms with Gasteiger partial charge in [-0.1, -0.05) is 0 Å². The molecular formula is C10H18N4O3S. The molecule has 2 atom stereocenters. The van der Waals surface area contributed by atoms with Gasteiger partial charge in [0.2, 0.25) is 0 Å². The number of hydrogen-bond donors (Lipinski definition) is 2. The largest absolute Gasteiger partial charge is 0.381 e. The Morgan fingerprint density at radius 1 is 1.56 bits per heavy atom. The highest BCUT2D eigenvalue weighted by Crippen LogP contribution is 2.24. The zero-order chi connectivity index (χ0) is 13.3. The number of nitrogens with one attached hydrogen (secondary N) is 1. The lowest BCUT2D eigenvalue weighted by atomic mass is 10.3. The zero-order valence-corrected chi connectivity index (χ0v) is 11.3. The Balaban J connectivity index is 2.14. The summed E-state index contributed by atoms with van der Waals surface area (Å²) in [5.41, 5.74) is 5.58. The van der Waals surface area contributed by atoms with Crippen LogP contribution in [0.2, 0.25) is 0 Å². The van der Waals surface area contributed by atoms with E-state index in [1.54, 1.807) is 14.2 Å². The molecule has 0 aliphatic heterocycles. The van der Waals surface area contributed by atoms with Crippen LogP contribution in [0, 0.1) is 0 Å². The van der Waals surface area contributed by atoms with Crippen LogP contribution >= 0.6 is 0 Å². The third kappa shape index (κ3) is 2.50. The fourth-order valence-electron chi connectivity index (χ4n) is 2.30. The normalized spacial score (nSPS) is 24.6. The molecule has 1 aliphatic rings. The molecule has 1 fully saturated rings. The van der Waals surface area contributed by atoms with Crippen molar-refractivity contribution in [3.63, 3.8) is 0 Å². The van der Waals surface area contributed by atoms with E-state index in [1.165, 1.54) is 10.9 Å². The molecule has 3 N–H and O–H groups in total. The van der Waals surface area contributed by atoms with Gasteiger partial charge < -0.3 is 15.0 Å². The summed E-state index contributed by atoms with van der Waals surface area (Å²) in [6, 6.07) is -0.103. The van der Waals surface area contributed by atoms with Crippen LogP contribution in [0.25, 0.3) is 0 Å². The van der Waals surface area contributed by atoms with E-state index in [0.29, 0.717) is 6.42 Å². The van der Waals surface area contributed by atoms with Gasteiger partial charge in [0.05, 0.1) is 12.4 Å². The lowest BCUT2D eigenvalue weighted by molar-refractivity contribution is 0.107. The Morgan fingerprint density at radius 2 is 2.28 bits per heavy atom. The Morgan fingerprint density at radius 3 is 2.78 bits per heavy atom. The van der Waals surface area contributed by atoms with Gasteiger partial charge in [-0.2, -0.15) is 0 Å². The van der Waals surface area contributed by atoms with Crippen LogP contribution in [0.3, 0.4) is 0 Å². The first kappa shape index (κ1) is 13.3. The van der Waals surface area contributed by atoms with Crippen molar-refractivity contribution in [2.45, 2.75) is 36.4 Å². The highest BCUT2D eigenvalue weighted by Gasteiger charge is 2.31. The average molecular weight is 274 g/mol. The topological polar surface area (TPSA) is 99.2 Å². The summed E-state index contributed by atoms with van der Waals surface area (Å²) in [6.07, 6.45) is 3.84. The second-order valence-electron chi connectivity index (χ2n) is 4.53. The van der Waals surface area contributed by atoms with Crippen LogP contribution in [-0.4, -0.2) is 37.2 Å². The summed E-state index contributed by atoms with van der Waals surface area (Å²) in [5, 5.41) is 0.0170. The molecule has 8 heteroatoms. The van der Waals surface area contributed by atoms with Crippen LogP contribution < -0.4 is 10.5 Å². The molecule has 0 bridgehead atoms. The van der Waals surface area contributed by atoms with Gasteiger partial charge in [0, 0.05) is 20.2 Å². The maximum absolute atomic E-state index is 12.2. The van der Waals surface area contributed by atoms with E-state index >= 15 is 0 Å². The van der Waals surface area contributed by atoms with Gasteiger partial charge in [0.1, 0.15) is 0 Å². The maximum atomic E-state index is 12.2. The first-order chi connectivity index (χ1) is 8.44. The lowest BCUT2D eigenvalue weighted by Gasteiger charge is -2.13. The number of aromatic nitrogens is 2. The Bertz CT molecular complexity index is 506. The van der Waals surface area contributed by atoms with Gasteiger partial charge in [0.25, 0.3) is 10.0 Å². The minimum atomic E-state index is -3.62. The monoisotopic (exact) mass is 274 g/mol. The number of methoxy groups -OCH3 is 1. The lowest BCUT2D eigenvalue weighted by Crippen LogP contribution is -2.34. The van der Waals surface area contributed by atoms with Crippen LogP contribution in [-0.2, 0) is 21.8 Å². The van der Waals surface area contributed by atoms with E-state index < -0.39 is 10.0 Å². The summed E-state index contributed by atoms with van der Waals surface area (Å²) in [4.78, 5) is 3.79. The molecule has 1 saturated carbocycles. The van der Waals surface area contributed by atoms with Crippen molar-refractivity contribution in [3.8, 4) is 0 Å². The summed E-state index contributed by atoms with van der Waals surface area (Å²) in [6.45, 7) is 0. The first-order valence-electron chi connectivity index (χ1n) is 5.76. The third-order valence-corrected chi connectivity index (χ3v) is 4.85. The minimum absolute atomic E-state index is 0.0170. The summed E-state index contributed by atoms with van der Waals surface area (Å²) < 4.78 is 33.7. The molecule has 0 radical (unpaired) electrons. The van der Waals surface area contributed by atoms with Crippen molar-refractivity contribution in [3.05, 3.63) is 6.33 Å². The number of aryl methyl sites for hydroxylation is 1. The second kappa shape index (κ2) is 4.87. The first-order valence-corrected chi connectivity index (χ1v) is 7.24. The van der Waals surface area contributed by atoms with Crippen molar-refractivity contribution in [2.75, 3.05) is 12.8 Å². The standard InChI is InChI=1S/C10H18N4O3S/c1-14-6-12-9(11)10(14)18(15,16)13-7-3-4-8(5-7)17-2/h6-8,13H,3-5,11H2,1-2H3. The van der Waals surface area contributed by atoms with Crippen LogP contribution in [0.1, 0.15) is 19.3 Å².